The van der Waals surface area contributed by atoms with E-state index in [-0.39, 0.29) is 5.82 Å². The number of hydrogen-bond acceptors (Lipinski definition) is 5. The number of anilines is 1. The third kappa shape index (κ3) is 3.37. The zero-order chi connectivity index (χ0) is 18.4. The fraction of sp³-hybridized carbons (Fsp3) is 0.667. The third-order valence-corrected chi connectivity index (χ3v) is 5.62. The number of hydrogen-bond donors (Lipinski definition) is 0. The van der Waals surface area contributed by atoms with E-state index in [2.05, 4.69) is 11.9 Å². The summed E-state index contributed by atoms with van der Waals surface area (Å²) < 4.78 is 32.6. The van der Waals surface area contributed by atoms with Gasteiger partial charge in [0.2, 0.25) is 0 Å². The number of ether oxygens (including phenoxy) is 1. The van der Waals surface area contributed by atoms with Gasteiger partial charge in [-0.25, -0.2) is 4.39 Å². The maximum atomic E-state index is 15.0. The standard InChI is InChI=1S/C18H28BFN2O3/c1-17(2)18(3,4)25-19(24-17)13-11-14(20)16(15(12-13)23-6)22-9-7-21(5)8-10-22/h11-12H,7-10H2,1-6H3. The maximum Gasteiger partial charge on any atom is 0.495 e. The molecular formula is C18H28BFN2O3. The molecule has 2 aliphatic heterocycles. The van der Waals surface area contributed by atoms with E-state index < -0.39 is 18.3 Å². The molecule has 2 fully saturated rings. The van der Waals surface area contributed by atoms with Gasteiger partial charge in [0.05, 0.1) is 18.3 Å². The molecule has 0 spiro atoms. The van der Waals surface area contributed by atoms with Crippen molar-refractivity contribution in [3.8, 4) is 5.75 Å². The quantitative estimate of drug-likeness (QED) is 0.778. The van der Waals surface area contributed by atoms with Crippen molar-refractivity contribution in [2.45, 2.75) is 38.9 Å². The summed E-state index contributed by atoms with van der Waals surface area (Å²) in [5.74, 6) is 0.225. The first-order valence-corrected chi connectivity index (χ1v) is 8.81. The largest absolute Gasteiger partial charge is 0.495 e. The number of methoxy groups -OCH3 is 1. The minimum atomic E-state index is -0.602. The predicted octanol–water partition coefficient (Wildman–Crippen LogP) is 1.89. The SMILES string of the molecule is COc1cc(B2OC(C)(C)C(C)(C)O2)cc(F)c1N1CCN(C)CC1. The zero-order valence-corrected chi connectivity index (χ0v) is 16.1. The fourth-order valence-corrected chi connectivity index (χ4v) is 3.20. The van der Waals surface area contributed by atoms with Crippen molar-refractivity contribution < 1.29 is 18.4 Å². The number of halogens is 1. The molecule has 0 aliphatic carbocycles. The Bertz CT molecular complexity index is 629. The summed E-state index contributed by atoms with van der Waals surface area (Å²) in [5, 5.41) is 0. The molecular weight excluding hydrogens is 322 g/mol. The van der Waals surface area contributed by atoms with Crippen molar-refractivity contribution in [2.75, 3.05) is 45.2 Å². The Labute approximate surface area is 150 Å². The van der Waals surface area contributed by atoms with Crippen LogP contribution in [0.4, 0.5) is 10.1 Å². The molecule has 1 aromatic rings. The van der Waals surface area contributed by atoms with Gasteiger partial charge in [0.25, 0.3) is 0 Å². The lowest BCUT2D eigenvalue weighted by molar-refractivity contribution is 0.00578. The summed E-state index contributed by atoms with van der Waals surface area (Å²) in [6, 6.07) is 3.34. The van der Waals surface area contributed by atoms with Crippen LogP contribution in [0.15, 0.2) is 12.1 Å². The number of nitrogens with zero attached hydrogens (tertiary/aromatic N) is 2. The Hall–Kier alpha value is -1.31. The molecule has 138 valence electrons. The van der Waals surface area contributed by atoms with Crippen LogP contribution < -0.4 is 15.1 Å². The van der Waals surface area contributed by atoms with Crippen LogP contribution in [0.5, 0.6) is 5.75 Å². The van der Waals surface area contributed by atoms with Crippen molar-refractivity contribution >= 4 is 18.3 Å². The van der Waals surface area contributed by atoms with E-state index in [9.17, 15) is 4.39 Å². The normalized spacial score (nSPS) is 23.2. The van der Waals surface area contributed by atoms with Crippen LogP contribution in [0, 0.1) is 5.82 Å². The van der Waals surface area contributed by atoms with Gasteiger partial charge in [-0.1, -0.05) is 0 Å². The molecule has 25 heavy (non-hydrogen) atoms. The molecule has 0 unspecified atom stereocenters. The zero-order valence-electron chi connectivity index (χ0n) is 16.1. The highest BCUT2D eigenvalue weighted by atomic mass is 19.1. The van der Waals surface area contributed by atoms with Gasteiger partial charge in [-0.2, -0.15) is 0 Å². The Kier molecular flexibility index (Phi) is 4.77. The van der Waals surface area contributed by atoms with Crippen molar-refractivity contribution in [1.82, 2.24) is 4.90 Å². The molecule has 0 bridgehead atoms. The molecule has 2 heterocycles. The second-order valence-electron chi connectivity index (χ2n) is 7.93. The second-order valence-corrected chi connectivity index (χ2v) is 7.93. The average molecular weight is 350 g/mol. The molecule has 2 aliphatic rings. The van der Waals surface area contributed by atoms with Crippen LogP contribution >= 0.6 is 0 Å². The lowest BCUT2D eigenvalue weighted by atomic mass is 9.78. The maximum absolute atomic E-state index is 15.0. The molecule has 3 rings (SSSR count). The van der Waals surface area contributed by atoms with Gasteiger partial charge >= 0.3 is 7.12 Å². The van der Waals surface area contributed by atoms with Crippen LogP contribution in [0.25, 0.3) is 0 Å². The molecule has 7 heteroatoms. The number of likely N-dealkylation sites (N-methyl/N-ethyl adjacent to an activating group) is 1. The average Bonchev–Trinajstić information content (AvgIpc) is 2.76. The van der Waals surface area contributed by atoms with Crippen molar-refractivity contribution in [2.24, 2.45) is 0 Å². The highest BCUT2D eigenvalue weighted by Gasteiger charge is 2.52. The summed E-state index contributed by atoms with van der Waals surface area (Å²) in [5.41, 5.74) is 0.247. The smallest absolute Gasteiger partial charge is 0.494 e. The number of benzene rings is 1. The van der Waals surface area contributed by atoms with Crippen LogP contribution in [0.2, 0.25) is 0 Å². The molecule has 0 atom stereocenters. The van der Waals surface area contributed by atoms with Crippen LogP contribution in [0.3, 0.4) is 0 Å². The fourth-order valence-electron chi connectivity index (χ4n) is 3.20. The van der Waals surface area contributed by atoms with E-state index in [1.165, 1.54) is 6.07 Å². The molecule has 2 saturated heterocycles. The molecule has 1 aromatic carbocycles. The Morgan fingerprint density at radius 1 is 1.04 bits per heavy atom. The minimum Gasteiger partial charge on any atom is -0.494 e. The Balaban J connectivity index is 1.90. The third-order valence-electron chi connectivity index (χ3n) is 5.62. The summed E-state index contributed by atoms with van der Waals surface area (Å²) in [4.78, 5) is 4.28. The van der Waals surface area contributed by atoms with E-state index >= 15 is 0 Å². The van der Waals surface area contributed by atoms with Crippen molar-refractivity contribution in [1.29, 1.82) is 0 Å². The van der Waals surface area contributed by atoms with Crippen LogP contribution in [-0.2, 0) is 9.31 Å². The van der Waals surface area contributed by atoms with Gasteiger partial charge in [0, 0.05) is 26.2 Å². The predicted molar refractivity (Wildman–Crippen MR) is 98.4 cm³/mol. The van der Waals surface area contributed by atoms with Gasteiger partial charge in [-0.05, 0) is 52.3 Å². The van der Waals surface area contributed by atoms with E-state index in [4.69, 9.17) is 14.0 Å². The van der Waals surface area contributed by atoms with Gasteiger partial charge in [-0.15, -0.1) is 0 Å². The summed E-state index contributed by atoms with van der Waals surface area (Å²) >= 11 is 0. The number of piperazine rings is 1. The first-order valence-electron chi connectivity index (χ1n) is 8.81. The lowest BCUT2D eigenvalue weighted by Gasteiger charge is -2.35. The monoisotopic (exact) mass is 350 g/mol. The molecule has 0 N–H and O–H groups in total. The van der Waals surface area contributed by atoms with Crippen molar-refractivity contribution in [3.63, 3.8) is 0 Å². The Morgan fingerprint density at radius 3 is 2.12 bits per heavy atom. The van der Waals surface area contributed by atoms with E-state index in [0.717, 1.165) is 26.2 Å². The van der Waals surface area contributed by atoms with Gasteiger partial charge < -0.3 is 23.8 Å². The summed E-state index contributed by atoms with van der Waals surface area (Å²) in [6.07, 6.45) is 0. The first kappa shape index (κ1) is 18.5. The minimum absolute atomic E-state index is 0.298. The molecule has 0 amide bonds. The summed E-state index contributed by atoms with van der Waals surface area (Å²) in [7, 11) is 3.05. The van der Waals surface area contributed by atoms with E-state index in [1.807, 2.05) is 38.7 Å². The Morgan fingerprint density at radius 2 is 1.60 bits per heavy atom. The van der Waals surface area contributed by atoms with E-state index in [1.54, 1.807) is 7.11 Å². The van der Waals surface area contributed by atoms with Gasteiger partial charge in [-0.3, -0.25) is 0 Å². The van der Waals surface area contributed by atoms with Crippen molar-refractivity contribution in [3.05, 3.63) is 17.9 Å². The highest BCUT2D eigenvalue weighted by Crippen LogP contribution is 2.38. The van der Waals surface area contributed by atoms with Crippen LogP contribution in [0.1, 0.15) is 27.7 Å². The number of rotatable bonds is 3. The van der Waals surface area contributed by atoms with Gasteiger partial charge in [0.1, 0.15) is 17.3 Å². The first-order chi connectivity index (χ1) is 11.6. The summed E-state index contributed by atoms with van der Waals surface area (Å²) in [6.45, 7) is 11.3. The van der Waals surface area contributed by atoms with E-state index in [0.29, 0.717) is 16.9 Å². The topological polar surface area (TPSA) is 34.2 Å². The lowest BCUT2D eigenvalue weighted by Crippen LogP contribution is -2.45. The molecule has 0 aromatic heterocycles. The second kappa shape index (κ2) is 6.45. The van der Waals surface area contributed by atoms with Gasteiger partial charge in [0.15, 0.2) is 0 Å². The molecule has 0 radical (unpaired) electrons. The molecule has 0 saturated carbocycles. The molecule has 5 nitrogen and oxygen atoms in total. The van der Waals surface area contributed by atoms with Crippen LogP contribution in [-0.4, -0.2) is 63.6 Å². The highest BCUT2D eigenvalue weighted by molar-refractivity contribution is 6.62.